The maximum Gasteiger partial charge on any atom is 0.249 e. The summed E-state index contributed by atoms with van der Waals surface area (Å²) in [5.41, 5.74) is 8.59. The highest BCUT2D eigenvalue weighted by atomic mass is 16.1. The molecule has 1 unspecified atom stereocenters. The minimum Gasteiger partial charge on any atom is -0.396 e. The number of H-pyrrole nitrogens is 1. The van der Waals surface area contributed by atoms with Crippen molar-refractivity contribution < 1.29 is 0 Å². The highest BCUT2D eigenvalue weighted by molar-refractivity contribution is 6.02. The molecule has 2 aliphatic carbocycles. The Hall–Kier alpha value is -2.10. The number of pyridine rings is 1. The van der Waals surface area contributed by atoms with Crippen LogP contribution >= 0.6 is 0 Å². The Kier molecular flexibility index (Phi) is 2.63. The lowest BCUT2D eigenvalue weighted by molar-refractivity contribution is 0.761. The van der Waals surface area contributed by atoms with E-state index in [0.717, 1.165) is 25.0 Å². The Balaban J connectivity index is 2.03. The van der Waals surface area contributed by atoms with Crippen molar-refractivity contribution in [2.24, 2.45) is 10.9 Å². The van der Waals surface area contributed by atoms with Crippen molar-refractivity contribution in [2.75, 3.05) is 5.73 Å². The standard InChI is InChI=1S/C14H15N3O/c15-11-7-8-13(18)17-14(11)16-12-6-2-4-9-3-1-5-10(9)12/h2-3,6-8,10H,1,4-5,15H2,(H,17,18). The first-order valence-electron chi connectivity index (χ1n) is 6.17. The first kappa shape index (κ1) is 11.0. The third-order valence-corrected chi connectivity index (χ3v) is 3.48. The van der Waals surface area contributed by atoms with Gasteiger partial charge in [0.2, 0.25) is 5.56 Å². The van der Waals surface area contributed by atoms with Crippen molar-refractivity contribution in [3.05, 3.63) is 46.3 Å². The Morgan fingerprint density at radius 3 is 3.17 bits per heavy atom. The smallest absolute Gasteiger partial charge is 0.249 e. The number of rotatable bonds is 1. The summed E-state index contributed by atoms with van der Waals surface area (Å²) in [6.45, 7) is 0. The second-order valence-electron chi connectivity index (χ2n) is 4.68. The minimum absolute atomic E-state index is 0.175. The summed E-state index contributed by atoms with van der Waals surface area (Å²) >= 11 is 0. The maximum atomic E-state index is 11.3. The Morgan fingerprint density at radius 1 is 1.39 bits per heavy atom. The molecule has 0 spiro atoms. The van der Waals surface area contributed by atoms with Crippen LogP contribution in [0.4, 0.5) is 11.5 Å². The van der Waals surface area contributed by atoms with E-state index in [2.05, 4.69) is 22.1 Å². The zero-order valence-corrected chi connectivity index (χ0v) is 10.0. The molecule has 1 aromatic rings. The highest BCUT2D eigenvalue weighted by Crippen LogP contribution is 2.34. The van der Waals surface area contributed by atoms with Crippen LogP contribution in [-0.4, -0.2) is 10.7 Å². The summed E-state index contributed by atoms with van der Waals surface area (Å²) in [4.78, 5) is 18.5. The van der Waals surface area contributed by atoms with E-state index in [0.29, 0.717) is 17.4 Å². The third kappa shape index (κ3) is 1.90. The summed E-state index contributed by atoms with van der Waals surface area (Å²) in [7, 11) is 0. The largest absolute Gasteiger partial charge is 0.396 e. The van der Waals surface area contributed by atoms with Crippen LogP contribution in [0.1, 0.15) is 19.3 Å². The van der Waals surface area contributed by atoms with Crippen LogP contribution in [0.15, 0.2) is 45.7 Å². The van der Waals surface area contributed by atoms with Crippen LogP contribution in [0.2, 0.25) is 0 Å². The first-order valence-corrected chi connectivity index (χ1v) is 6.17. The fourth-order valence-corrected chi connectivity index (χ4v) is 2.57. The van der Waals surface area contributed by atoms with Crippen LogP contribution in [0.3, 0.4) is 0 Å². The Morgan fingerprint density at radius 2 is 2.28 bits per heavy atom. The number of hydrogen-bond donors (Lipinski definition) is 2. The Labute approximate surface area is 105 Å². The quantitative estimate of drug-likeness (QED) is 0.741. The van der Waals surface area contributed by atoms with Crippen LogP contribution in [0.25, 0.3) is 0 Å². The molecule has 3 rings (SSSR count). The monoisotopic (exact) mass is 241 g/mol. The van der Waals surface area contributed by atoms with Crippen LogP contribution in [0, 0.1) is 5.92 Å². The van der Waals surface area contributed by atoms with E-state index in [1.165, 1.54) is 11.6 Å². The van der Waals surface area contributed by atoms with Gasteiger partial charge in [-0.2, -0.15) is 0 Å². The number of fused-ring (bicyclic) bond motifs is 1. The fraction of sp³-hybridized carbons (Fsp3) is 0.286. The van der Waals surface area contributed by atoms with E-state index in [4.69, 9.17) is 5.73 Å². The maximum absolute atomic E-state index is 11.3. The molecule has 2 aliphatic rings. The molecular formula is C14H15N3O. The predicted octanol–water partition coefficient (Wildman–Crippen LogP) is 2.33. The van der Waals surface area contributed by atoms with Crippen molar-refractivity contribution >= 4 is 17.2 Å². The van der Waals surface area contributed by atoms with Crippen LogP contribution in [0.5, 0.6) is 0 Å². The molecule has 92 valence electrons. The van der Waals surface area contributed by atoms with Crippen LogP contribution < -0.4 is 11.3 Å². The number of nitrogens with zero attached hydrogens (tertiary/aromatic N) is 1. The van der Waals surface area contributed by atoms with Crippen LogP contribution in [-0.2, 0) is 0 Å². The normalized spacial score (nSPS) is 24.1. The van der Waals surface area contributed by atoms with Gasteiger partial charge in [-0.3, -0.25) is 4.79 Å². The van der Waals surface area contributed by atoms with Gasteiger partial charge < -0.3 is 10.7 Å². The number of allylic oxidation sites excluding steroid dienone is 4. The number of aromatic amines is 1. The number of aliphatic imine (C=N–C) groups is 1. The second-order valence-corrected chi connectivity index (χ2v) is 4.68. The Bertz CT molecular complexity index is 622. The van der Waals surface area contributed by atoms with Gasteiger partial charge in [0.25, 0.3) is 0 Å². The van der Waals surface area contributed by atoms with Gasteiger partial charge in [0.15, 0.2) is 5.82 Å². The number of nitrogens with one attached hydrogen (secondary N) is 1. The van der Waals surface area contributed by atoms with Gasteiger partial charge >= 0.3 is 0 Å². The van der Waals surface area contributed by atoms with Gasteiger partial charge in [0.05, 0.1) is 5.69 Å². The summed E-state index contributed by atoms with van der Waals surface area (Å²) in [6.07, 6.45) is 9.68. The predicted molar refractivity (Wildman–Crippen MR) is 73.1 cm³/mol. The zero-order valence-electron chi connectivity index (χ0n) is 10.0. The molecule has 1 aromatic heterocycles. The van der Waals surface area contributed by atoms with Gasteiger partial charge in [-0.05, 0) is 31.4 Å². The van der Waals surface area contributed by atoms with E-state index in [1.807, 2.05) is 6.08 Å². The number of hydrogen-bond acceptors (Lipinski definition) is 3. The average Bonchev–Trinajstić information content (AvgIpc) is 2.83. The fourth-order valence-electron chi connectivity index (χ4n) is 2.57. The lowest BCUT2D eigenvalue weighted by Crippen LogP contribution is -2.15. The average molecular weight is 241 g/mol. The summed E-state index contributed by atoms with van der Waals surface area (Å²) in [6, 6.07) is 3.01. The van der Waals surface area contributed by atoms with Crippen molar-refractivity contribution in [2.45, 2.75) is 19.3 Å². The first-order chi connectivity index (χ1) is 8.74. The summed E-state index contributed by atoms with van der Waals surface area (Å²) < 4.78 is 0. The van der Waals surface area contributed by atoms with E-state index in [-0.39, 0.29) is 5.56 Å². The molecule has 18 heavy (non-hydrogen) atoms. The van der Waals surface area contributed by atoms with Crippen molar-refractivity contribution in [3.8, 4) is 0 Å². The summed E-state index contributed by atoms with van der Waals surface area (Å²) in [5.74, 6) is 0.869. The van der Waals surface area contributed by atoms with Crippen molar-refractivity contribution in [1.82, 2.24) is 4.98 Å². The number of anilines is 1. The second kappa shape index (κ2) is 4.29. The molecule has 0 saturated heterocycles. The van der Waals surface area contributed by atoms with Crippen molar-refractivity contribution in [1.29, 1.82) is 0 Å². The van der Waals surface area contributed by atoms with Gasteiger partial charge in [0, 0.05) is 17.7 Å². The molecule has 3 N–H and O–H groups in total. The van der Waals surface area contributed by atoms with Crippen molar-refractivity contribution in [3.63, 3.8) is 0 Å². The molecule has 0 amide bonds. The topological polar surface area (TPSA) is 71.2 Å². The van der Waals surface area contributed by atoms with E-state index < -0.39 is 0 Å². The minimum atomic E-state index is -0.175. The molecule has 4 heteroatoms. The molecule has 0 bridgehead atoms. The SMILES string of the molecule is Nc1ccc(=O)[nH]c1N=C1C=CCC2=CCCC21. The number of nitrogens with two attached hydrogens (primary N) is 1. The van der Waals surface area contributed by atoms with Gasteiger partial charge in [-0.15, -0.1) is 0 Å². The lowest BCUT2D eigenvalue weighted by Gasteiger charge is -2.18. The van der Waals surface area contributed by atoms with Gasteiger partial charge in [-0.1, -0.05) is 17.7 Å². The number of aromatic nitrogens is 1. The molecule has 0 fully saturated rings. The van der Waals surface area contributed by atoms with E-state index in [9.17, 15) is 4.79 Å². The highest BCUT2D eigenvalue weighted by Gasteiger charge is 2.25. The molecule has 4 nitrogen and oxygen atoms in total. The molecule has 0 aliphatic heterocycles. The van der Waals surface area contributed by atoms with E-state index >= 15 is 0 Å². The molecular weight excluding hydrogens is 226 g/mol. The zero-order chi connectivity index (χ0) is 12.5. The molecule has 0 radical (unpaired) electrons. The molecule has 0 saturated carbocycles. The summed E-state index contributed by atoms with van der Waals surface area (Å²) in [5, 5.41) is 0. The molecule has 0 aromatic carbocycles. The molecule has 1 atom stereocenters. The van der Waals surface area contributed by atoms with Gasteiger partial charge in [0.1, 0.15) is 0 Å². The van der Waals surface area contributed by atoms with Gasteiger partial charge in [-0.25, -0.2) is 4.99 Å². The lowest BCUT2D eigenvalue weighted by atomic mass is 9.89. The molecule has 1 heterocycles. The number of nitrogen functional groups attached to an aromatic ring is 1. The third-order valence-electron chi connectivity index (χ3n) is 3.48. The van der Waals surface area contributed by atoms with E-state index in [1.54, 1.807) is 6.07 Å².